The van der Waals surface area contributed by atoms with Gasteiger partial charge in [0.2, 0.25) is 0 Å². The number of carbonyl (C=O) groups excluding carboxylic acids is 2. The summed E-state index contributed by atoms with van der Waals surface area (Å²) in [5.74, 6) is -0.825. The van der Waals surface area contributed by atoms with Gasteiger partial charge in [-0.25, -0.2) is 0 Å². The van der Waals surface area contributed by atoms with Crippen molar-refractivity contribution in [1.29, 1.82) is 0 Å². The number of halogens is 3. The number of aldehydes is 1. The minimum atomic E-state index is -3.06. The number of ketones is 1. The molecular weight excluding hydrogens is 242 g/mol. The molecule has 0 fully saturated rings. The molecule has 0 amide bonds. The fourth-order valence-electron chi connectivity index (χ4n) is 1.13. The van der Waals surface area contributed by atoms with Crippen molar-refractivity contribution in [3.8, 4) is 5.75 Å². The smallest absolute Gasteiger partial charge is 0.387 e. The number of rotatable bonds is 4. The number of alkyl halides is 2. The van der Waals surface area contributed by atoms with E-state index in [0.717, 1.165) is 12.1 Å². The second-order valence-corrected chi connectivity index (χ2v) is 3.33. The zero-order valence-corrected chi connectivity index (χ0v) is 8.92. The fraction of sp³-hybridized carbons (Fsp3) is 0.200. The van der Waals surface area contributed by atoms with Crippen molar-refractivity contribution in [1.82, 2.24) is 0 Å². The van der Waals surface area contributed by atoms with Gasteiger partial charge >= 0.3 is 6.61 Å². The fourth-order valence-corrected chi connectivity index (χ4v) is 1.33. The highest BCUT2D eigenvalue weighted by atomic mass is 35.5. The van der Waals surface area contributed by atoms with Crippen molar-refractivity contribution in [2.75, 3.05) is 0 Å². The van der Waals surface area contributed by atoms with E-state index in [9.17, 15) is 18.4 Å². The van der Waals surface area contributed by atoms with Crippen molar-refractivity contribution in [3.05, 3.63) is 28.3 Å². The van der Waals surface area contributed by atoms with Crippen LogP contribution in [0, 0.1) is 0 Å². The topological polar surface area (TPSA) is 43.4 Å². The van der Waals surface area contributed by atoms with Crippen LogP contribution in [-0.4, -0.2) is 18.7 Å². The van der Waals surface area contributed by atoms with E-state index in [4.69, 9.17) is 11.6 Å². The lowest BCUT2D eigenvalue weighted by atomic mass is 10.1. The first-order valence-electron chi connectivity index (χ1n) is 4.20. The molecule has 3 nitrogen and oxygen atoms in total. The van der Waals surface area contributed by atoms with E-state index in [2.05, 4.69) is 4.74 Å². The van der Waals surface area contributed by atoms with Crippen LogP contribution in [0.15, 0.2) is 12.1 Å². The average Bonchev–Trinajstić information content (AvgIpc) is 2.16. The molecule has 1 rings (SSSR count). The van der Waals surface area contributed by atoms with Gasteiger partial charge in [-0.15, -0.1) is 0 Å². The molecule has 0 bridgehead atoms. The normalized spacial score (nSPS) is 10.3. The number of carbonyl (C=O) groups is 2. The minimum absolute atomic E-state index is 0.0457. The highest BCUT2D eigenvalue weighted by Gasteiger charge is 2.16. The van der Waals surface area contributed by atoms with Crippen LogP contribution in [0.25, 0.3) is 0 Å². The van der Waals surface area contributed by atoms with Gasteiger partial charge < -0.3 is 4.74 Å². The van der Waals surface area contributed by atoms with Crippen molar-refractivity contribution >= 4 is 23.7 Å². The second kappa shape index (κ2) is 5.03. The van der Waals surface area contributed by atoms with Crippen LogP contribution >= 0.6 is 11.6 Å². The lowest BCUT2D eigenvalue weighted by molar-refractivity contribution is -0.0501. The maximum absolute atomic E-state index is 12.0. The van der Waals surface area contributed by atoms with Crippen LogP contribution < -0.4 is 4.74 Å². The zero-order valence-electron chi connectivity index (χ0n) is 8.17. The monoisotopic (exact) mass is 248 g/mol. The Kier molecular flexibility index (Phi) is 3.95. The zero-order chi connectivity index (χ0) is 12.3. The molecular formula is C10H7ClF2O3. The summed E-state index contributed by atoms with van der Waals surface area (Å²) in [5, 5.41) is -0.0457. The van der Waals surface area contributed by atoms with Crippen LogP contribution in [0.1, 0.15) is 27.6 Å². The summed E-state index contributed by atoms with van der Waals surface area (Å²) >= 11 is 5.62. The highest BCUT2D eigenvalue weighted by Crippen LogP contribution is 2.28. The van der Waals surface area contributed by atoms with Crippen molar-refractivity contribution < 1.29 is 23.1 Å². The quantitative estimate of drug-likeness (QED) is 0.608. The first kappa shape index (κ1) is 12.6. The molecule has 0 saturated heterocycles. The standard InChI is InChI=1S/C10H7ClF2O3/c1-5(15)7-2-6(4-14)8(11)3-9(7)16-10(12)13/h2-4,10H,1H3. The minimum Gasteiger partial charge on any atom is -0.434 e. The third-order valence-corrected chi connectivity index (χ3v) is 2.15. The summed E-state index contributed by atoms with van der Waals surface area (Å²) in [4.78, 5) is 21.7. The molecule has 0 heterocycles. The van der Waals surface area contributed by atoms with Gasteiger partial charge in [-0.3, -0.25) is 9.59 Å². The van der Waals surface area contributed by atoms with E-state index in [0.29, 0.717) is 6.29 Å². The van der Waals surface area contributed by atoms with Gasteiger partial charge in [0.1, 0.15) is 5.75 Å². The summed E-state index contributed by atoms with van der Waals surface area (Å²) in [5.41, 5.74) is -0.0553. The van der Waals surface area contributed by atoms with Gasteiger partial charge in [-0.05, 0) is 13.0 Å². The van der Waals surface area contributed by atoms with Gasteiger partial charge in [0.05, 0.1) is 10.6 Å². The number of hydrogen-bond acceptors (Lipinski definition) is 3. The molecule has 0 aliphatic rings. The van der Waals surface area contributed by atoms with Gasteiger partial charge in [-0.1, -0.05) is 11.6 Å². The Labute approximate surface area is 95.0 Å². The molecule has 0 spiro atoms. The maximum Gasteiger partial charge on any atom is 0.387 e. The molecule has 0 atom stereocenters. The van der Waals surface area contributed by atoms with Crippen molar-refractivity contribution in [2.45, 2.75) is 13.5 Å². The molecule has 86 valence electrons. The van der Waals surface area contributed by atoms with Crippen LogP contribution in [0.5, 0.6) is 5.75 Å². The molecule has 1 aromatic rings. The lowest BCUT2D eigenvalue weighted by Gasteiger charge is -2.10. The van der Waals surface area contributed by atoms with Crippen molar-refractivity contribution in [2.24, 2.45) is 0 Å². The molecule has 16 heavy (non-hydrogen) atoms. The SMILES string of the molecule is CC(=O)c1cc(C=O)c(Cl)cc1OC(F)F. The van der Waals surface area contributed by atoms with Crippen LogP contribution in [-0.2, 0) is 0 Å². The van der Waals surface area contributed by atoms with Gasteiger partial charge in [0.15, 0.2) is 12.1 Å². The summed E-state index contributed by atoms with van der Waals surface area (Å²) in [6.45, 7) is -1.88. The molecule has 0 radical (unpaired) electrons. The van der Waals surface area contributed by atoms with Gasteiger partial charge in [0, 0.05) is 11.6 Å². The maximum atomic E-state index is 12.0. The Morgan fingerprint density at radius 2 is 2.12 bits per heavy atom. The van der Waals surface area contributed by atoms with Gasteiger partial charge in [-0.2, -0.15) is 8.78 Å². The largest absolute Gasteiger partial charge is 0.434 e. The second-order valence-electron chi connectivity index (χ2n) is 2.92. The number of benzene rings is 1. The Balaban J connectivity index is 3.30. The predicted octanol–water partition coefficient (Wildman–Crippen LogP) is 2.96. The van der Waals surface area contributed by atoms with E-state index in [1.807, 2.05) is 0 Å². The number of ether oxygens (including phenoxy) is 1. The Hall–Kier alpha value is -1.49. The third kappa shape index (κ3) is 2.76. The Morgan fingerprint density at radius 3 is 2.56 bits per heavy atom. The van der Waals surface area contributed by atoms with Crippen molar-refractivity contribution in [3.63, 3.8) is 0 Å². The van der Waals surface area contributed by atoms with E-state index in [-0.39, 0.29) is 21.9 Å². The van der Waals surface area contributed by atoms with Crippen LogP contribution in [0.2, 0.25) is 5.02 Å². The molecule has 6 heteroatoms. The van der Waals surface area contributed by atoms with E-state index >= 15 is 0 Å². The van der Waals surface area contributed by atoms with Crippen LogP contribution in [0.3, 0.4) is 0 Å². The molecule has 1 aromatic carbocycles. The first-order chi connectivity index (χ1) is 7.45. The van der Waals surface area contributed by atoms with E-state index < -0.39 is 12.4 Å². The van der Waals surface area contributed by atoms with E-state index in [1.54, 1.807) is 0 Å². The molecule has 0 aromatic heterocycles. The summed E-state index contributed by atoms with van der Waals surface area (Å²) in [6.07, 6.45) is 0.431. The molecule has 0 unspecified atom stereocenters. The molecule has 0 saturated carbocycles. The molecule has 0 aliphatic heterocycles. The summed E-state index contributed by atoms with van der Waals surface area (Å²) in [6, 6.07) is 2.14. The van der Waals surface area contributed by atoms with Crippen LogP contribution in [0.4, 0.5) is 8.78 Å². The third-order valence-electron chi connectivity index (χ3n) is 1.82. The summed E-state index contributed by atoms with van der Waals surface area (Å²) in [7, 11) is 0. The Morgan fingerprint density at radius 1 is 1.50 bits per heavy atom. The lowest BCUT2D eigenvalue weighted by Crippen LogP contribution is -2.07. The molecule has 0 aliphatic carbocycles. The predicted molar refractivity (Wildman–Crippen MR) is 53.5 cm³/mol. The first-order valence-corrected chi connectivity index (χ1v) is 4.58. The highest BCUT2D eigenvalue weighted by molar-refractivity contribution is 6.33. The number of hydrogen-bond donors (Lipinski definition) is 0. The molecule has 0 N–H and O–H groups in total. The Bertz CT molecular complexity index is 432. The van der Waals surface area contributed by atoms with E-state index in [1.165, 1.54) is 6.92 Å². The summed E-state index contributed by atoms with van der Waals surface area (Å²) < 4.78 is 28.2. The average molecular weight is 249 g/mol. The number of Topliss-reactive ketones (excluding diaryl/α,β-unsaturated/α-hetero) is 1. The van der Waals surface area contributed by atoms with Gasteiger partial charge in [0.25, 0.3) is 0 Å².